The first-order valence-corrected chi connectivity index (χ1v) is 12.9. The second kappa shape index (κ2) is 11.0. The van der Waals surface area contributed by atoms with E-state index in [9.17, 15) is 14.7 Å². The van der Waals surface area contributed by atoms with Crippen molar-refractivity contribution < 1.29 is 19.4 Å². The van der Waals surface area contributed by atoms with Crippen LogP contribution in [0.4, 0.5) is 9.93 Å². The summed E-state index contributed by atoms with van der Waals surface area (Å²) in [5.41, 5.74) is 0. The third kappa shape index (κ3) is 6.58. The van der Waals surface area contributed by atoms with E-state index in [0.717, 1.165) is 42.7 Å². The molecule has 3 rings (SSSR count). The van der Waals surface area contributed by atoms with Gasteiger partial charge in [-0.3, -0.25) is 10.1 Å². The maximum atomic E-state index is 13.4. The molecule has 2 saturated carbocycles. The molecule has 0 radical (unpaired) electrons. The summed E-state index contributed by atoms with van der Waals surface area (Å²) < 4.78 is 5.37. The molecule has 1 aromatic rings. The highest BCUT2D eigenvalue weighted by molar-refractivity contribution is 8.03. The Hall–Kier alpha value is -1.32. The van der Waals surface area contributed by atoms with Gasteiger partial charge in [-0.1, -0.05) is 48.8 Å². The number of carboxylic acids is 1. The molecule has 2 aliphatic rings. The van der Waals surface area contributed by atoms with E-state index < -0.39 is 10.7 Å². The molecule has 2 amide bonds. The van der Waals surface area contributed by atoms with Crippen LogP contribution in [0, 0.1) is 0 Å². The topological polar surface area (TPSA) is 91.8 Å². The Balaban J connectivity index is 1.70. The molecule has 9 heteroatoms. The second-order valence-electron chi connectivity index (χ2n) is 9.05. The molecule has 2 aliphatic carbocycles. The molecule has 0 saturated heterocycles. The first-order valence-electron chi connectivity index (χ1n) is 11.3. The highest BCUT2D eigenvalue weighted by Gasteiger charge is 2.35. The van der Waals surface area contributed by atoms with Gasteiger partial charge in [0.1, 0.15) is 4.75 Å². The first-order chi connectivity index (χ1) is 14.8. The minimum Gasteiger partial charge on any atom is -0.480 e. The third-order valence-corrected chi connectivity index (χ3v) is 8.59. The summed E-state index contributed by atoms with van der Waals surface area (Å²) >= 11 is 2.58. The fourth-order valence-electron chi connectivity index (χ4n) is 4.54. The van der Waals surface area contributed by atoms with E-state index in [-0.39, 0.29) is 18.1 Å². The average Bonchev–Trinajstić information content (AvgIpc) is 2.98. The fourth-order valence-corrected chi connectivity index (χ4v) is 6.80. The number of aromatic nitrogens is 1. The minimum atomic E-state index is -0.944. The van der Waals surface area contributed by atoms with Gasteiger partial charge in [-0.2, -0.15) is 0 Å². The van der Waals surface area contributed by atoms with Crippen molar-refractivity contribution in [2.24, 2.45) is 0 Å². The largest absolute Gasteiger partial charge is 0.480 e. The van der Waals surface area contributed by atoms with E-state index in [2.05, 4.69) is 15.2 Å². The Kier molecular flexibility index (Phi) is 8.64. The zero-order valence-electron chi connectivity index (χ0n) is 18.8. The normalized spacial score (nSPS) is 23.2. The van der Waals surface area contributed by atoms with Crippen molar-refractivity contribution in [2.45, 2.75) is 105 Å². The summed E-state index contributed by atoms with van der Waals surface area (Å²) in [6.45, 7) is 3.34. The van der Waals surface area contributed by atoms with Crippen LogP contribution in [0.2, 0.25) is 0 Å². The Labute approximate surface area is 193 Å². The van der Waals surface area contributed by atoms with E-state index in [4.69, 9.17) is 4.74 Å². The Morgan fingerprint density at radius 3 is 2.32 bits per heavy atom. The molecule has 174 valence electrons. The molecule has 1 aromatic heterocycles. The number of thiazole rings is 1. The molecule has 2 N–H and O–H groups in total. The summed E-state index contributed by atoms with van der Waals surface area (Å²) in [6.07, 6.45) is 12.8. The number of amides is 2. The number of carbonyl (C=O) groups is 2. The Morgan fingerprint density at radius 1 is 1.13 bits per heavy atom. The van der Waals surface area contributed by atoms with E-state index in [1.54, 1.807) is 27.2 Å². The fraction of sp³-hybridized carbons (Fsp3) is 0.773. The lowest BCUT2D eigenvalue weighted by molar-refractivity contribution is -0.138. The van der Waals surface area contributed by atoms with Gasteiger partial charge in [0.25, 0.3) is 0 Å². The van der Waals surface area contributed by atoms with Crippen LogP contribution in [0.15, 0.2) is 10.4 Å². The highest BCUT2D eigenvalue weighted by Crippen LogP contribution is 2.38. The van der Waals surface area contributed by atoms with Crippen LogP contribution in [0.1, 0.15) is 78.1 Å². The quantitative estimate of drug-likeness (QED) is 0.398. The maximum Gasteiger partial charge on any atom is 0.324 e. The van der Waals surface area contributed by atoms with Crippen molar-refractivity contribution in [2.75, 3.05) is 12.4 Å². The standard InChI is InChI=1S/C22H35N3O4S2/c1-22(2,19(26)27)31-18-14-23-20(30-18)24-21(28)25(15-8-6-4-5-7-9-15)16-10-12-17(29-3)13-11-16/h14-17H,4-13H2,1-3H3,(H,26,27)(H,23,24,28)/t16-,17-. The van der Waals surface area contributed by atoms with E-state index in [1.807, 2.05) is 0 Å². The molecule has 2 fully saturated rings. The van der Waals surface area contributed by atoms with Crippen LogP contribution in [0.25, 0.3) is 0 Å². The lowest BCUT2D eigenvalue weighted by atomic mass is 9.90. The van der Waals surface area contributed by atoms with Gasteiger partial charge in [0, 0.05) is 19.2 Å². The van der Waals surface area contributed by atoms with Gasteiger partial charge >= 0.3 is 12.0 Å². The number of anilines is 1. The van der Waals surface area contributed by atoms with Gasteiger partial charge < -0.3 is 14.7 Å². The number of hydrogen-bond acceptors (Lipinski definition) is 6. The first kappa shape index (κ1) is 24.3. The summed E-state index contributed by atoms with van der Waals surface area (Å²) in [4.78, 5) is 31.3. The summed E-state index contributed by atoms with van der Waals surface area (Å²) in [6, 6.07) is 0.428. The summed E-state index contributed by atoms with van der Waals surface area (Å²) in [5.74, 6) is -0.873. The predicted molar refractivity (Wildman–Crippen MR) is 125 cm³/mol. The van der Waals surface area contributed by atoms with Crippen molar-refractivity contribution in [3.05, 3.63) is 6.20 Å². The van der Waals surface area contributed by atoms with Crippen molar-refractivity contribution in [3.8, 4) is 0 Å². The number of nitrogens with zero attached hydrogens (tertiary/aromatic N) is 2. The molecule has 1 heterocycles. The van der Waals surface area contributed by atoms with Crippen LogP contribution < -0.4 is 5.32 Å². The summed E-state index contributed by atoms with van der Waals surface area (Å²) in [7, 11) is 1.77. The van der Waals surface area contributed by atoms with Gasteiger partial charge in [0.15, 0.2) is 5.13 Å². The van der Waals surface area contributed by atoms with Gasteiger partial charge in [-0.25, -0.2) is 9.78 Å². The highest BCUT2D eigenvalue weighted by atomic mass is 32.2. The minimum absolute atomic E-state index is 0.0730. The lowest BCUT2D eigenvalue weighted by Gasteiger charge is -2.41. The predicted octanol–water partition coefficient (Wildman–Crippen LogP) is 5.61. The SMILES string of the molecule is CO[C@H]1CC[C@H](N(C(=O)Nc2ncc(SC(C)(C)C(=O)O)s2)C2CCCCCC2)CC1. The number of carboxylic acid groups (broad SMARTS) is 1. The number of aliphatic carboxylic acids is 1. The zero-order chi connectivity index (χ0) is 22.4. The van der Waals surface area contributed by atoms with Crippen molar-refractivity contribution >= 4 is 40.2 Å². The number of methoxy groups -OCH3 is 1. The van der Waals surface area contributed by atoms with Crippen LogP contribution in [0.5, 0.6) is 0 Å². The van der Waals surface area contributed by atoms with Crippen molar-refractivity contribution in [3.63, 3.8) is 0 Å². The van der Waals surface area contributed by atoms with Gasteiger partial charge in [0.05, 0.1) is 16.5 Å². The Bertz CT molecular complexity index is 739. The van der Waals surface area contributed by atoms with Crippen LogP contribution in [-0.2, 0) is 9.53 Å². The van der Waals surface area contributed by atoms with Crippen molar-refractivity contribution in [1.82, 2.24) is 9.88 Å². The number of nitrogens with one attached hydrogen (secondary N) is 1. The average molecular weight is 470 g/mol. The van der Waals surface area contributed by atoms with Crippen LogP contribution >= 0.6 is 23.1 Å². The van der Waals surface area contributed by atoms with E-state index in [0.29, 0.717) is 11.2 Å². The number of urea groups is 1. The molecule has 0 spiro atoms. The second-order valence-corrected chi connectivity index (χ2v) is 12.0. The number of hydrogen-bond donors (Lipinski definition) is 2. The third-order valence-electron chi connectivity index (χ3n) is 6.39. The zero-order valence-corrected chi connectivity index (χ0v) is 20.4. The maximum absolute atomic E-state index is 13.4. The van der Waals surface area contributed by atoms with Gasteiger partial charge in [-0.15, -0.1) is 0 Å². The van der Waals surface area contributed by atoms with Crippen molar-refractivity contribution in [1.29, 1.82) is 0 Å². The number of carbonyl (C=O) groups excluding carboxylic acids is 1. The smallest absolute Gasteiger partial charge is 0.324 e. The molecule has 0 aliphatic heterocycles. The number of thioether (sulfide) groups is 1. The monoisotopic (exact) mass is 469 g/mol. The molecule has 0 bridgehead atoms. The van der Waals surface area contributed by atoms with Crippen LogP contribution in [-0.4, -0.2) is 57.0 Å². The molecule has 0 aromatic carbocycles. The Morgan fingerprint density at radius 2 is 1.74 bits per heavy atom. The number of ether oxygens (including phenoxy) is 1. The molecule has 0 atom stereocenters. The molecule has 7 nitrogen and oxygen atoms in total. The number of rotatable bonds is 7. The van der Waals surface area contributed by atoms with Gasteiger partial charge in [-0.05, 0) is 52.4 Å². The summed E-state index contributed by atoms with van der Waals surface area (Å²) in [5, 5.41) is 12.9. The van der Waals surface area contributed by atoms with E-state index in [1.165, 1.54) is 48.8 Å². The molecular weight excluding hydrogens is 434 g/mol. The molecule has 31 heavy (non-hydrogen) atoms. The molecule has 0 unspecified atom stereocenters. The van der Waals surface area contributed by atoms with Crippen LogP contribution in [0.3, 0.4) is 0 Å². The van der Waals surface area contributed by atoms with Gasteiger partial charge in [0.2, 0.25) is 0 Å². The molecular formula is C22H35N3O4S2. The van der Waals surface area contributed by atoms with E-state index >= 15 is 0 Å². The lowest BCUT2D eigenvalue weighted by Crippen LogP contribution is -2.50.